The Kier molecular flexibility index (Phi) is 5.72. The number of urea groups is 1. The normalized spacial score (nSPS) is 25.1. The summed E-state index contributed by atoms with van der Waals surface area (Å²) in [5.41, 5.74) is 0.392. The van der Waals surface area contributed by atoms with Gasteiger partial charge in [0, 0.05) is 18.9 Å². The number of aromatic nitrogens is 1. The Hall–Kier alpha value is -2.44. The number of nitrogens with zero attached hydrogens (tertiary/aromatic N) is 2. The van der Waals surface area contributed by atoms with Crippen LogP contribution in [0.4, 0.5) is 4.79 Å². The van der Waals surface area contributed by atoms with Crippen LogP contribution in [0.25, 0.3) is 0 Å². The second kappa shape index (κ2) is 7.89. The van der Waals surface area contributed by atoms with Gasteiger partial charge in [-0.2, -0.15) is 0 Å². The molecule has 152 valence electrons. The topological polar surface area (TPSA) is 91.4 Å². The molecule has 2 fully saturated rings. The fraction of sp³-hybridized carbons (Fsp3) is 0.619. The largest absolute Gasteiger partial charge is 0.354 e. The summed E-state index contributed by atoms with van der Waals surface area (Å²) < 4.78 is 0. The van der Waals surface area contributed by atoms with Crippen LogP contribution in [0.5, 0.6) is 0 Å². The second-order valence-electron chi connectivity index (χ2n) is 9.01. The molecule has 0 aromatic carbocycles. The van der Waals surface area contributed by atoms with E-state index in [1.165, 1.54) is 0 Å². The van der Waals surface area contributed by atoms with Gasteiger partial charge in [-0.1, -0.05) is 26.8 Å². The molecule has 1 aromatic rings. The van der Waals surface area contributed by atoms with Crippen LogP contribution in [0, 0.1) is 11.3 Å². The highest BCUT2D eigenvalue weighted by Gasteiger charge is 2.53. The van der Waals surface area contributed by atoms with Crippen LogP contribution in [0.3, 0.4) is 0 Å². The number of hydrogen-bond donors (Lipinski definition) is 2. The van der Waals surface area contributed by atoms with Crippen molar-refractivity contribution in [3.8, 4) is 0 Å². The molecule has 1 saturated heterocycles. The molecule has 0 atom stereocenters. The molecule has 0 bridgehead atoms. The Labute approximate surface area is 166 Å². The van der Waals surface area contributed by atoms with Crippen molar-refractivity contribution >= 4 is 17.8 Å². The second-order valence-corrected chi connectivity index (χ2v) is 9.01. The molecule has 4 amide bonds. The van der Waals surface area contributed by atoms with Crippen LogP contribution < -0.4 is 10.6 Å². The third-order valence-electron chi connectivity index (χ3n) is 6.07. The lowest BCUT2D eigenvalue weighted by Crippen LogP contribution is -2.51. The summed E-state index contributed by atoms with van der Waals surface area (Å²) in [7, 11) is 0. The average molecular weight is 386 g/mol. The number of rotatable bonds is 5. The number of nitrogens with one attached hydrogen (secondary N) is 2. The monoisotopic (exact) mass is 386 g/mol. The lowest BCUT2D eigenvalue weighted by Gasteiger charge is -2.40. The van der Waals surface area contributed by atoms with Gasteiger partial charge in [-0.3, -0.25) is 19.5 Å². The van der Waals surface area contributed by atoms with E-state index in [2.05, 4.69) is 36.4 Å². The number of imide groups is 1. The minimum atomic E-state index is -0.825. The summed E-state index contributed by atoms with van der Waals surface area (Å²) in [5.74, 6) is -0.0484. The third kappa shape index (κ3) is 4.34. The maximum Gasteiger partial charge on any atom is 0.325 e. The zero-order valence-corrected chi connectivity index (χ0v) is 17.0. The van der Waals surface area contributed by atoms with E-state index in [9.17, 15) is 14.4 Å². The van der Waals surface area contributed by atoms with Gasteiger partial charge in [0.1, 0.15) is 12.1 Å². The van der Waals surface area contributed by atoms with Crippen LogP contribution >= 0.6 is 0 Å². The fourth-order valence-electron chi connectivity index (χ4n) is 4.23. The minimum absolute atomic E-state index is 0.196. The number of carbonyl (C=O) groups excluding carboxylic acids is 3. The quantitative estimate of drug-likeness (QED) is 0.760. The van der Waals surface area contributed by atoms with Crippen LogP contribution in [-0.2, 0) is 16.0 Å². The molecule has 2 N–H and O–H groups in total. The zero-order valence-electron chi connectivity index (χ0n) is 17.0. The molecule has 2 heterocycles. The lowest BCUT2D eigenvalue weighted by molar-refractivity contribution is -0.136. The van der Waals surface area contributed by atoms with Crippen molar-refractivity contribution in [2.24, 2.45) is 11.3 Å². The summed E-state index contributed by atoms with van der Waals surface area (Å²) in [5, 5.41) is 5.65. The number of pyridine rings is 1. The van der Waals surface area contributed by atoms with E-state index in [0.29, 0.717) is 31.7 Å². The SMILES string of the molecule is CC(C)(C)C1CCC2(CC1)NC(=O)N(CC(=O)NCCc1cccnc1)C2=O. The Morgan fingerprint density at radius 2 is 2.04 bits per heavy atom. The maximum atomic E-state index is 12.9. The van der Waals surface area contributed by atoms with E-state index >= 15 is 0 Å². The van der Waals surface area contributed by atoms with Gasteiger partial charge in [0.25, 0.3) is 5.91 Å². The van der Waals surface area contributed by atoms with E-state index in [-0.39, 0.29) is 23.8 Å². The molecule has 1 saturated carbocycles. The summed E-state index contributed by atoms with van der Waals surface area (Å²) in [6, 6.07) is 3.33. The summed E-state index contributed by atoms with van der Waals surface area (Å²) in [6.45, 7) is 6.85. The van der Waals surface area contributed by atoms with Crippen LogP contribution in [0.1, 0.15) is 52.0 Å². The van der Waals surface area contributed by atoms with E-state index in [4.69, 9.17) is 0 Å². The Morgan fingerprint density at radius 1 is 1.32 bits per heavy atom. The summed E-state index contributed by atoms with van der Waals surface area (Å²) >= 11 is 0. The van der Waals surface area contributed by atoms with Crippen molar-refractivity contribution in [3.05, 3.63) is 30.1 Å². The fourth-order valence-corrected chi connectivity index (χ4v) is 4.23. The summed E-state index contributed by atoms with van der Waals surface area (Å²) in [6.07, 6.45) is 7.18. The first-order valence-corrected chi connectivity index (χ1v) is 10.0. The van der Waals surface area contributed by atoms with Gasteiger partial charge in [-0.25, -0.2) is 4.79 Å². The minimum Gasteiger partial charge on any atom is -0.354 e. The van der Waals surface area contributed by atoms with Gasteiger partial charge >= 0.3 is 6.03 Å². The van der Waals surface area contributed by atoms with Crippen molar-refractivity contribution < 1.29 is 14.4 Å². The molecule has 1 aliphatic carbocycles. The Balaban J connectivity index is 1.52. The Bertz CT molecular complexity index is 734. The van der Waals surface area contributed by atoms with Crippen LogP contribution in [-0.4, -0.2) is 46.4 Å². The van der Waals surface area contributed by atoms with Crippen molar-refractivity contribution in [2.75, 3.05) is 13.1 Å². The zero-order chi connectivity index (χ0) is 20.4. The highest BCUT2D eigenvalue weighted by molar-refractivity contribution is 6.09. The van der Waals surface area contributed by atoms with Crippen molar-refractivity contribution in [1.82, 2.24) is 20.5 Å². The smallest absolute Gasteiger partial charge is 0.325 e. The van der Waals surface area contributed by atoms with E-state index in [1.54, 1.807) is 12.4 Å². The van der Waals surface area contributed by atoms with Gasteiger partial charge in [0.05, 0.1) is 0 Å². The first-order chi connectivity index (χ1) is 13.2. The van der Waals surface area contributed by atoms with E-state index in [1.807, 2.05) is 12.1 Å². The average Bonchev–Trinajstić information content (AvgIpc) is 2.86. The standard InChI is InChI=1S/C21H30N4O3/c1-20(2,3)16-6-9-21(10-7-16)18(27)25(19(28)24-21)14-17(26)23-12-8-15-5-4-11-22-13-15/h4-5,11,13,16H,6-10,12,14H2,1-3H3,(H,23,26)(H,24,28). The number of hydrogen-bond acceptors (Lipinski definition) is 4. The molecule has 2 aliphatic rings. The number of carbonyl (C=O) groups is 3. The van der Waals surface area contributed by atoms with Gasteiger partial charge in [0.2, 0.25) is 5.91 Å². The third-order valence-corrected chi connectivity index (χ3v) is 6.07. The first kappa shape index (κ1) is 20.3. The predicted molar refractivity (Wildman–Crippen MR) is 105 cm³/mol. The first-order valence-electron chi connectivity index (χ1n) is 10.0. The molecule has 7 nitrogen and oxygen atoms in total. The van der Waals surface area contributed by atoms with Crippen molar-refractivity contribution in [2.45, 2.75) is 58.4 Å². The molecule has 1 spiro atoms. The van der Waals surface area contributed by atoms with Gasteiger partial charge in [-0.15, -0.1) is 0 Å². The molecular weight excluding hydrogens is 356 g/mol. The number of amides is 4. The van der Waals surface area contributed by atoms with Crippen molar-refractivity contribution in [1.29, 1.82) is 0 Å². The van der Waals surface area contributed by atoms with Crippen LogP contribution in [0.2, 0.25) is 0 Å². The molecule has 7 heteroatoms. The maximum absolute atomic E-state index is 12.9. The van der Waals surface area contributed by atoms with Gasteiger partial charge < -0.3 is 10.6 Å². The van der Waals surface area contributed by atoms with Crippen molar-refractivity contribution in [3.63, 3.8) is 0 Å². The van der Waals surface area contributed by atoms with E-state index < -0.39 is 11.6 Å². The molecule has 0 unspecified atom stereocenters. The molecule has 28 heavy (non-hydrogen) atoms. The summed E-state index contributed by atoms with van der Waals surface area (Å²) in [4.78, 5) is 42.6. The molecule has 0 radical (unpaired) electrons. The van der Waals surface area contributed by atoms with Gasteiger partial charge in [-0.05, 0) is 55.1 Å². The molecule has 1 aliphatic heterocycles. The predicted octanol–water partition coefficient (Wildman–Crippen LogP) is 2.27. The van der Waals surface area contributed by atoms with E-state index in [0.717, 1.165) is 23.3 Å². The van der Waals surface area contributed by atoms with Gasteiger partial charge in [0.15, 0.2) is 0 Å². The highest BCUT2D eigenvalue weighted by atomic mass is 16.2. The Morgan fingerprint density at radius 3 is 2.64 bits per heavy atom. The molecule has 1 aromatic heterocycles. The lowest BCUT2D eigenvalue weighted by atomic mass is 9.67. The molecular formula is C21H30N4O3. The molecule has 3 rings (SSSR count). The van der Waals surface area contributed by atoms with Crippen LogP contribution in [0.15, 0.2) is 24.5 Å². The highest BCUT2D eigenvalue weighted by Crippen LogP contribution is 2.43.